The molecule has 0 radical (unpaired) electrons. The molecule has 0 aromatic carbocycles. The lowest BCUT2D eigenvalue weighted by atomic mass is 9.86. The van der Waals surface area contributed by atoms with Gasteiger partial charge in [0.2, 0.25) is 5.88 Å². The summed E-state index contributed by atoms with van der Waals surface area (Å²) in [4.78, 5) is 4.09. The molecule has 0 saturated carbocycles. The van der Waals surface area contributed by atoms with Crippen LogP contribution >= 0.6 is 0 Å². The third-order valence-corrected chi connectivity index (χ3v) is 2.00. The molecule has 1 aromatic rings. The first-order valence-electron chi connectivity index (χ1n) is 4.09. The van der Waals surface area contributed by atoms with Gasteiger partial charge in [-0.2, -0.15) is 0 Å². The van der Waals surface area contributed by atoms with Crippen LogP contribution in [0.1, 0.15) is 19.4 Å². The number of hydrogen-bond acceptors (Lipinski definition) is 2. The van der Waals surface area contributed by atoms with Gasteiger partial charge in [0.25, 0.3) is 0 Å². The summed E-state index contributed by atoms with van der Waals surface area (Å²) >= 11 is 0. The lowest BCUT2D eigenvalue weighted by molar-refractivity contribution is 0.386. The van der Waals surface area contributed by atoms with Gasteiger partial charge in [0, 0.05) is 11.8 Å². The largest absolute Gasteiger partial charge is 0.481 e. The van der Waals surface area contributed by atoms with Gasteiger partial charge in [0.1, 0.15) is 0 Å². The summed E-state index contributed by atoms with van der Waals surface area (Å²) in [6.45, 7) is 3.93. The molecule has 1 rings (SSSR count). The molecule has 1 aromatic heterocycles. The molecule has 0 aliphatic rings. The van der Waals surface area contributed by atoms with Crippen molar-refractivity contribution in [3.63, 3.8) is 0 Å². The molecule has 2 heteroatoms. The number of methoxy groups -OCH3 is 1. The second-order valence-electron chi connectivity index (χ2n) is 3.33. The lowest BCUT2D eigenvalue weighted by Crippen LogP contribution is -2.15. The first-order chi connectivity index (χ1) is 6.11. The van der Waals surface area contributed by atoms with Crippen LogP contribution in [0.3, 0.4) is 0 Å². The van der Waals surface area contributed by atoms with E-state index < -0.39 is 0 Å². The van der Waals surface area contributed by atoms with Crippen molar-refractivity contribution in [1.82, 2.24) is 4.98 Å². The van der Waals surface area contributed by atoms with Crippen molar-refractivity contribution >= 4 is 0 Å². The van der Waals surface area contributed by atoms with Gasteiger partial charge in [-0.05, 0) is 19.9 Å². The number of aromatic nitrogens is 1. The highest BCUT2D eigenvalue weighted by Crippen LogP contribution is 2.28. The Bertz CT molecular complexity index is 336. The van der Waals surface area contributed by atoms with Crippen molar-refractivity contribution in [3.05, 3.63) is 23.9 Å². The number of rotatable bonds is 2. The van der Waals surface area contributed by atoms with Crippen LogP contribution in [0, 0.1) is 12.3 Å². The molecule has 0 N–H and O–H groups in total. The van der Waals surface area contributed by atoms with E-state index in [4.69, 9.17) is 11.2 Å². The van der Waals surface area contributed by atoms with Crippen LogP contribution < -0.4 is 4.74 Å². The fourth-order valence-corrected chi connectivity index (χ4v) is 1.11. The maximum atomic E-state index is 5.43. The number of pyridine rings is 1. The number of hydrogen-bond donors (Lipinski definition) is 0. The van der Waals surface area contributed by atoms with Crippen molar-refractivity contribution < 1.29 is 4.74 Å². The van der Waals surface area contributed by atoms with Gasteiger partial charge in [-0.1, -0.05) is 12.0 Å². The zero-order chi connectivity index (χ0) is 9.90. The first-order valence-corrected chi connectivity index (χ1v) is 4.09. The second kappa shape index (κ2) is 3.49. The standard InChI is InChI=1S/C11H13NO/c1-5-11(2,3)9-7-6-8-12-10(9)13-4/h1,6-8H,2-4H3. The van der Waals surface area contributed by atoms with Crippen LogP contribution in [0.5, 0.6) is 5.88 Å². The lowest BCUT2D eigenvalue weighted by Gasteiger charge is -2.19. The SMILES string of the molecule is C#CC(C)(C)c1cccnc1OC. The molecular formula is C11H13NO. The molecule has 0 aliphatic heterocycles. The van der Waals surface area contributed by atoms with Crippen LogP contribution in [0.15, 0.2) is 18.3 Å². The van der Waals surface area contributed by atoms with E-state index in [-0.39, 0.29) is 5.41 Å². The van der Waals surface area contributed by atoms with Crippen LogP contribution in [-0.4, -0.2) is 12.1 Å². The molecule has 13 heavy (non-hydrogen) atoms. The maximum Gasteiger partial charge on any atom is 0.217 e. The van der Waals surface area contributed by atoms with E-state index in [0.717, 1.165) is 5.56 Å². The molecule has 0 spiro atoms. The molecule has 0 unspecified atom stereocenters. The third kappa shape index (κ3) is 1.81. The van der Waals surface area contributed by atoms with Crippen molar-refractivity contribution in [3.8, 4) is 18.2 Å². The molecule has 0 saturated heterocycles. The van der Waals surface area contributed by atoms with Gasteiger partial charge in [0.05, 0.1) is 12.5 Å². The fraction of sp³-hybridized carbons (Fsp3) is 0.364. The summed E-state index contributed by atoms with van der Waals surface area (Å²) in [6.07, 6.45) is 7.12. The van der Waals surface area contributed by atoms with Crippen molar-refractivity contribution in [2.75, 3.05) is 7.11 Å². The summed E-state index contributed by atoms with van der Waals surface area (Å²) in [7, 11) is 1.60. The quantitative estimate of drug-likeness (QED) is 0.641. The van der Waals surface area contributed by atoms with E-state index in [0.29, 0.717) is 5.88 Å². The number of terminal acetylenes is 1. The smallest absolute Gasteiger partial charge is 0.217 e. The van der Waals surface area contributed by atoms with Crippen LogP contribution in [0.4, 0.5) is 0 Å². The van der Waals surface area contributed by atoms with Crippen molar-refractivity contribution in [2.45, 2.75) is 19.3 Å². The molecule has 68 valence electrons. The van der Waals surface area contributed by atoms with Crippen molar-refractivity contribution in [1.29, 1.82) is 0 Å². The molecule has 0 bridgehead atoms. The van der Waals surface area contributed by atoms with E-state index in [1.807, 2.05) is 26.0 Å². The molecule has 1 heterocycles. The Kier molecular flexibility index (Phi) is 2.57. The van der Waals surface area contributed by atoms with Gasteiger partial charge in [-0.15, -0.1) is 6.42 Å². The minimum atomic E-state index is -0.334. The van der Waals surface area contributed by atoms with E-state index in [9.17, 15) is 0 Å². The van der Waals surface area contributed by atoms with Crippen LogP contribution in [0.25, 0.3) is 0 Å². The minimum Gasteiger partial charge on any atom is -0.481 e. The van der Waals surface area contributed by atoms with E-state index >= 15 is 0 Å². The van der Waals surface area contributed by atoms with E-state index in [1.54, 1.807) is 13.3 Å². The normalized spacial score (nSPS) is 10.6. The molecule has 2 nitrogen and oxygen atoms in total. The highest BCUT2D eigenvalue weighted by atomic mass is 16.5. The summed E-state index contributed by atoms with van der Waals surface area (Å²) in [5, 5.41) is 0. The van der Waals surface area contributed by atoms with Gasteiger partial charge in [0.15, 0.2) is 0 Å². The fourth-order valence-electron chi connectivity index (χ4n) is 1.11. The number of nitrogens with zero attached hydrogens (tertiary/aromatic N) is 1. The Balaban J connectivity index is 3.22. The van der Waals surface area contributed by atoms with Gasteiger partial charge >= 0.3 is 0 Å². The summed E-state index contributed by atoms with van der Waals surface area (Å²) < 4.78 is 5.13. The Morgan fingerprint density at radius 2 is 2.23 bits per heavy atom. The Hall–Kier alpha value is -1.49. The van der Waals surface area contributed by atoms with Crippen LogP contribution in [-0.2, 0) is 5.41 Å². The molecule has 0 fully saturated rings. The summed E-state index contributed by atoms with van der Waals surface area (Å²) in [5.74, 6) is 3.31. The van der Waals surface area contributed by atoms with Crippen molar-refractivity contribution in [2.24, 2.45) is 0 Å². The monoisotopic (exact) mass is 175 g/mol. The average Bonchev–Trinajstić information content (AvgIpc) is 2.18. The Labute approximate surface area is 79.0 Å². The molecule has 0 atom stereocenters. The maximum absolute atomic E-state index is 5.43. The van der Waals surface area contributed by atoms with Crippen LogP contribution in [0.2, 0.25) is 0 Å². The Morgan fingerprint density at radius 3 is 2.77 bits per heavy atom. The van der Waals surface area contributed by atoms with Gasteiger partial charge in [-0.25, -0.2) is 4.98 Å². The predicted molar refractivity (Wildman–Crippen MR) is 52.6 cm³/mol. The molecule has 0 amide bonds. The molecule has 0 aliphatic carbocycles. The highest BCUT2D eigenvalue weighted by Gasteiger charge is 2.21. The highest BCUT2D eigenvalue weighted by molar-refractivity contribution is 5.38. The predicted octanol–water partition coefficient (Wildman–Crippen LogP) is 2.00. The summed E-state index contributed by atoms with van der Waals surface area (Å²) in [5.41, 5.74) is 0.611. The third-order valence-electron chi connectivity index (χ3n) is 2.00. The zero-order valence-electron chi connectivity index (χ0n) is 8.16. The van der Waals surface area contributed by atoms with Gasteiger partial charge < -0.3 is 4.74 Å². The average molecular weight is 175 g/mol. The second-order valence-corrected chi connectivity index (χ2v) is 3.33. The Morgan fingerprint density at radius 1 is 1.54 bits per heavy atom. The van der Waals surface area contributed by atoms with Gasteiger partial charge in [-0.3, -0.25) is 0 Å². The number of ether oxygens (including phenoxy) is 1. The van der Waals surface area contributed by atoms with E-state index in [1.165, 1.54) is 0 Å². The zero-order valence-corrected chi connectivity index (χ0v) is 8.16. The van der Waals surface area contributed by atoms with E-state index in [2.05, 4.69) is 10.9 Å². The minimum absolute atomic E-state index is 0.334. The molecular weight excluding hydrogens is 162 g/mol. The summed E-state index contributed by atoms with van der Waals surface area (Å²) in [6, 6.07) is 3.79. The first kappa shape index (κ1) is 9.60. The topological polar surface area (TPSA) is 22.1 Å².